The molecule has 1 saturated heterocycles. The van der Waals surface area contributed by atoms with Gasteiger partial charge in [0, 0.05) is 38.3 Å². The molecule has 1 N–H and O–H groups in total. The van der Waals surface area contributed by atoms with Crippen LogP contribution < -0.4 is 5.32 Å². The molecule has 2 heterocycles. The van der Waals surface area contributed by atoms with Crippen molar-refractivity contribution in [2.24, 2.45) is 0 Å². The van der Waals surface area contributed by atoms with Gasteiger partial charge in [0.1, 0.15) is 0 Å². The van der Waals surface area contributed by atoms with E-state index in [4.69, 9.17) is 4.74 Å². The number of allylic oxidation sites excluding steroid dienone is 1. The number of hydrogen-bond donors (Lipinski definition) is 1. The fourth-order valence-electron chi connectivity index (χ4n) is 2.90. The summed E-state index contributed by atoms with van der Waals surface area (Å²) < 4.78 is 7.25. The first-order valence-corrected chi connectivity index (χ1v) is 8.32. The summed E-state index contributed by atoms with van der Waals surface area (Å²) in [6.45, 7) is 13.6. The molecule has 0 saturated carbocycles. The summed E-state index contributed by atoms with van der Waals surface area (Å²) in [5.74, 6) is 0.105. The van der Waals surface area contributed by atoms with Crippen molar-refractivity contribution >= 4 is 5.91 Å². The zero-order valence-electron chi connectivity index (χ0n) is 14.3. The molecular weight excluding hydrogens is 292 g/mol. The summed E-state index contributed by atoms with van der Waals surface area (Å²) in [7, 11) is 0. The van der Waals surface area contributed by atoms with Gasteiger partial charge in [0.05, 0.1) is 25.5 Å². The van der Waals surface area contributed by atoms with Crippen LogP contribution in [0.25, 0.3) is 0 Å². The summed E-state index contributed by atoms with van der Waals surface area (Å²) in [4.78, 5) is 14.3. The third-order valence-corrected chi connectivity index (χ3v) is 4.29. The molecule has 1 aromatic rings. The average molecular weight is 320 g/mol. The topological polar surface area (TPSA) is 59.4 Å². The fraction of sp³-hybridized carbons (Fsp3) is 0.647. The molecule has 6 nitrogen and oxygen atoms in total. The van der Waals surface area contributed by atoms with Crippen molar-refractivity contribution in [1.82, 2.24) is 20.0 Å². The lowest BCUT2D eigenvalue weighted by atomic mass is 10.1. The highest BCUT2D eigenvalue weighted by Gasteiger charge is 2.13. The largest absolute Gasteiger partial charge is 0.379 e. The molecule has 0 unspecified atom stereocenters. The van der Waals surface area contributed by atoms with E-state index in [1.54, 1.807) is 0 Å². The van der Waals surface area contributed by atoms with Gasteiger partial charge in [-0.05, 0) is 25.8 Å². The molecule has 0 bridgehead atoms. The predicted molar refractivity (Wildman–Crippen MR) is 90.5 cm³/mol. The number of nitrogens with one attached hydrogen (secondary N) is 1. The van der Waals surface area contributed by atoms with Crippen LogP contribution in [0.2, 0.25) is 0 Å². The molecule has 0 radical (unpaired) electrons. The van der Waals surface area contributed by atoms with Crippen LogP contribution >= 0.6 is 0 Å². The van der Waals surface area contributed by atoms with E-state index < -0.39 is 0 Å². The van der Waals surface area contributed by atoms with Gasteiger partial charge in [-0.2, -0.15) is 5.10 Å². The van der Waals surface area contributed by atoms with E-state index in [-0.39, 0.29) is 5.91 Å². The van der Waals surface area contributed by atoms with E-state index in [1.165, 1.54) is 5.56 Å². The van der Waals surface area contributed by atoms with Crippen LogP contribution in [0.1, 0.15) is 23.4 Å². The van der Waals surface area contributed by atoms with Crippen LogP contribution in [0.3, 0.4) is 0 Å². The van der Waals surface area contributed by atoms with Crippen molar-refractivity contribution in [3.63, 3.8) is 0 Å². The van der Waals surface area contributed by atoms with Gasteiger partial charge in [-0.25, -0.2) is 0 Å². The van der Waals surface area contributed by atoms with Crippen molar-refractivity contribution in [3.8, 4) is 0 Å². The number of aromatic nitrogens is 2. The number of morpholine rings is 1. The Balaban J connectivity index is 1.72. The quantitative estimate of drug-likeness (QED) is 0.728. The van der Waals surface area contributed by atoms with Crippen LogP contribution in [-0.4, -0.2) is 60.0 Å². The lowest BCUT2D eigenvalue weighted by molar-refractivity contribution is -0.121. The molecule has 1 aliphatic rings. The Morgan fingerprint density at radius 1 is 1.39 bits per heavy atom. The minimum atomic E-state index is 0.105. The second kappa shape index (κ2) is 8.84. The highest BCUT2D eigenvalue weighted by Crippen LogP contribution is 2.15. The zero-order chi connectivity index (χ0) is 16.7. The monoisotopic (exact) mass is 320 g/mol. The van der Waals surface area contributed by atoms with Crippen LogP contribution in [-0.2, 0) is 22.5 Å². The maximum Gasteiger partial charge on any atom is 0.220 e. The molecule has 128 valence electrons. The van der Waals surface area contributed by atoms with Gasteiger partial charge in [0.2, 0.25) is 5.91 Å². The standard InChI is InChI=1S/C17H28N4O2/c1-4-8-21-15(3)16(14(2)19-21)5-6-17(22)18-7-9-20-10-12-23-13-11-20/h4H,1,5-13H2,2-3H3,(H,18,22). The van der Waals surface area contributed by atoms with Gasteiger partial charge < -0.3 is 10.1 Å². The number of hydrogen-bond acceptors (Lipinski definition) is 4. The maximum atomic E-state index is 12.0. The number of ether oxygens (including phenoxy) is 1. The van der Waals surface area contributed by atoms with E-state index in [0.717, 1.165) is 50.7 Å². The zero-order valence-corrected chi connectivity index (χ0v) is 14.3. The van der Waals surface area contributed by atoms with E-state index in [2.05, 4.69) is 28.8 Å². The van der Waals surface area contributed by atoms with Crippen molar-refractivity contribution in [3.05, 3.63) is 29.6 Å². The molecule has 23 heavy (non-hydrogen) atoms. The SMILES string of the molecule is C=CCn1nc(C)c(CCC(=O)NCCN2CCOCC2)c1C. The first-order valence-electron chi connectivity index (χ1n) is 8.32. The Kier molecular flexibility index (Phi) is 6.80. The van der Waals surface area contributed by atoms with Gasteiger partial charge in [-0.15, -0.1) is 6.58 Å². The lowest BCUT2D eigenvalue weighted by Crippen LogP contribution is -2.41. The summed E-state index contributed by atoms with van der Waals surface area (Å²) in [5, 5.41) is 7.50. The molecule has 1 aromatic heterocycles. The molecule has 0 atom stereocenters. The van der Waals surface area contributed by atoms with Crippen molar-refractivity contribution in [2.45, 2.75) is 33.2 Å². The van der Waals surface area contributed by atoms with Crippen LogP contribution in [0.15, 0.2) is 12.7 Å². The van der Waals surface area contributed by atoms with E-state index in [9.17, 15) is 4.79 Å². The third kappa shape index (κ3) is 5.18. The molecule has 0 aliphatic carbocycles. The molecular formula is C17H28N4O2. The highest BCUT2D eigenvalue weighted by molar-refractivity contribution is 5.76. The van der Waals surface area contributed by atoms with Gasteiger partial charge >= 0.3 is 0 Å². The van der Waals surface area contributed by atoms with Gasteiger partial charge in [0.25, 0.3) is 0 Å². The van der Waals surface area contributed by atoms with Gasteiger partial charge in [-0.3, -0.25) is 14.4 Å². The first kappa shape index (κ1) is 17.7. The number of aryl methyl sites for hydroxylation is 1. The second-order valence-corrected chi connectivity index (χ2v) is 5.92. The number of amides is 1. The Hall–Kier alpha value is -1.66. The summed E-state index contributed by atoms with van der Waals surface area (Å²) in [6.07, 6.45) is 3.07. The normalized spacial score (nSPS) is 15.6. The van der Waals surface area contributed by atoms with Crippen LogP contribution in [0.5, 0.6) is 0 Å². The molecule has 1 amide bonds. The summed E-state index contributed by atoms with van der Waals surface area (Å²) >= 11 is 0. The molecule has 0 aromatic carbocycles. The third-order valence-electron chi connectivity index (χ3n) is 4.29. The fourth-order valence-corrected chi connectivity index (χ4v) is 2.90. The van der Waals surface area contributed by atoms with E-state index in [0.29, 0.717) is 19.5 Å². The molecule has 1 fully saturated rings. The molecule has 2 rings (SSSR count). The van der Waals surface area contributed by atoms with Gasteiger partial charge in [-0.1, -0.05) is 6.08 Å². The lowest BCUT2D eigenvalue weighted by Gasteiger charge is -2.26. The number of nitrogens with zero attached hydrogens (tertiary/aromatic N) is 3. The van der Waals surface area contributed by atoms with Crippen molar-refractivity contribution < 1.29 is 9.53 Å². The average Bonchev–Trinajstić information content (AvgIpc) is 2.81. The van der Waals surface area contributed by atoms with Crippen LogP contribution in [0, 0.1) is 13.8 Å². The summed E-state index contributed by atoms with van der Waals surface area (Å²) in [5.41, 5.74) is 3.31. The predicted octanol–water partition coefficient (Wildman–Crippen LogP) is 1.07. The highest BCUT2D eigenvalue weighted by atomic mass is 16.5. The Labute approximate surface area is 138 Å². The van der Waals surface area contributed by atoms with E-state index in [1.807, 2.05) is 17.7 Å². The Bertz CT molecular complexity index is 533. The minimum Gasteiger partial charge on any atom is -0.379 e. The number of rotatable bonds is 8. The molecule has 1 aliphatic heterocycles. The second-order valence-electron chi connectivity index (χ2n) is 5.92. The Morgan fingerprint density at radius 2 is 2.13 bits per heavy atom. The van der Waals surface area contributed by atoms with Gasteiger partial charge in [0.15, 0.2) is 0 Å². The van der Waals surface area contributed by atoms with Crippen molar-refractivity contribution in [2.75, 3.05) is 39.4 Å². The Morgan fingerprint density at radius 3 is 2.83 bits per heavy atom. The summed E-state index contributed by atoms with van der Waals surface area (Å²) in [6, 6.07) is 0. The van der Waals surface area contributed by atoms with E-state index >= 15 is 0 Å². The minimum absolute atomic E-state index is 0.105. The maximum absolute atomic E-state index is 12.0. The van der Waals surface area contributed by atoms with Crippen LogP contribution in [0.4, 0.5) is 0 Å². The smallest absolute Gasteiger partial charge is 0.220 e. The molecule has 6 heteroatoms. The first-order chi connectivity index (χ1) is 11.1. The molecule has 0 spiro atoms. The number of carbonyl (C=O) groups excluding carboxylic acids is 1. The van der Waals surface area contributed by atoms with Crippen molar-refractivity contribution in [1.29, 1.82) is 0 Å². The number of carbonyl (C=O) groups is 1.